The molecule has 1 aromatic carbocycles. The summed E-state index contributed by atoms with van der Waals surface area (Å²) in [6.07, 6.45) is 1.95. The van der Waals surface area contributed by atoms with Crippen LogP contribution in [0.3, 0.4) is 0 Å². The number of morpholine rings is 1. The highest BCUT2D eigenvalue weighted by molar-refractivity contribution is 7.89. The van der Waals surface area contributed by atoms with Crippen molar-refractivity contribution in [2.45, 2.75) is 43.9 Å². The minimum absolute atomic E-state index is 0.0147. The zero-order chi connectivity index (χ0) is 22.4. The molecule has 0 N–H and O–H groups in total. The summed E-state index contributed by atoms with van der Waals surface area (Å²) in [7, 11) is -3.67. The van der Waals surface area contributed by atoms with Gasteiger partial charge in [0, 0.05) is 31.9 Å². The Morgan fingerprint density at radius 1 is 1.13 bits per heavy atom. The van der Waals surface area contributed by atoms with Crippen LogP contribution in [0, 0.1) is 5.92 Å². The van der Waals surface area contributed by atoms with Crippen LogP contribution in [0.1, 0.15) is 39.2 Å². The number of benzene rings is 1. The van der Waals surface area contributed by atoms with Crippen molar-refractivity contribution < 1.29 is 22.7 Å². The third-order valence-corrected chi connectivity index (χ3v) is 8.64. The quantitative estimate of drug-likeness (QED) is 0.697. The van der Waals surface area contributed by atoms with E-state index in [0.717, 1.165) is 25.9 Å². The number of sulfonamides is 1. The molecule has 1 aromatic rings. The fraction of sp³-hybridized carbons (Fsp3) is 0.636. The molecule has 170 valence electrons. The van der Waals surface area contributed by atoms with Gasteiger partial charge in [0.15, 0.2) is 0 Å². The van der Waals surface area contributed by atoms with Gasteiger partial charge in [-0.25, -0.2) is 8.42 Å². The van der Waals surface area contributed by atoms with Gasteiger partial charge < -0.3 is 14.5 Å². The van der Waals surface area contributed by atoms with Crippen molar-refractivity contribution in [3.63, 3.8) is 0 Å². The number of rotatable bonds is 4. The Morgan fingerprint density at radius 3 is 2.42 bits per heavy atom. The largest absolute Gasteiger partial charge is 0.379 e. The lowest BCUT2D eigenvalue weighted by Crippen LogP contribution is -2.46. The van der Waals surface area contributed by atoms with Crippen molar-refractivity contribution in [2.75, 3.05) is 50.8 Å². The topological polar surface area (TPSA) is 87.2 Å². The Hall–Kier alpha value is -1.97. The van der Waals surface area contributed by atoms with Gasteiger partial charge in [0.25, 0.3) is 0 Å². The summed E-state index contributed by atoms with van der Waals surface area (Å²) >= 11 is 0. The van der Waals surface area contributed by atoms with Crippen LogP contribution < -0.4 is 4.90 Å². The minimum Gasteiger partial charge on any atom is -0.379 e. The number of carbonyl (C=O) groups excluding carboxylic acids is 2. The number of carbonyl (C=O) groups is 2. The summed E-state index contributed by atoms with van der Waals surface area (Å²) < 4.78 is 32.8. The molecule has 0 aromatic heterocycles. The van der Waals surface area contributed by atoms with Gasteiger partial charge in [-0.3, -0.25) is 9.59 Å². The number of amides is 2. The molecule has 2 fully saturated rings. The lowest BCUT2D eigenvalue weighted by Gasteiger charge is -2.32. The van der Waals surface area contributed by atoms with Crippen molar-refractivity contribution in [1.29, 1.82) is 0 Å². The van der Waals surface area contributed by atoms with Crippen LogP contribution in [0.2, 0.25) is 0 Å². The summed E-state index contributed by atoms with van der Waals surface area (Å²) in [5.41, 5.74) is 0.365. The highest BCUT2D eigenvalue weighted by Crippen LogP contribution is 2.43. The number of likely N-dealkylation sites (tertiary alicyclic amines) is 1. The van der Waals surface area contributed by atoms with E-state index in [9.17, 15) is 18.0 Å². The second kappa shape index (κ2) is 8.18. The van der Waals surface area contributed by atoms with E-state index in [1.165, 1.54) is 9.21 Å². The van der Waals surface area contributed by atoms with Gasteiger partial charge in [0.1, 0.15) is 6.54 Å². The van der Waals surface area contributed by atoms with E-state index in [-0.39, 0.29) is 23.3 Å². The molecule has 0 radical (unpaired) electrons. The van der Waals surface area contributed by atoms with Crippen LogP contribution >= 0.6 is 0 Å². The molecule has 8 nitrogen and oxygen atoms in total. The minimum atomic E-state index is -3.67. The molecule has 9 heteroatoms. The van der Waals surface area contributed by atoms with E-state index in [4.69, 9.17) is 4.74 Å². The highest BCUT2D eigenvalue weighted by atomic mass is 32.2. The molecule has 3 heterocycles. The average molecular weight is 450 g/mol. The Morgan fingerprint density at radius 2 is 1.77 bits per heavy atom. The number of fused-ring (bicyclic) bond motifs is 1. The molecule has 0 spiro atoms. The first-order chi connectivity index (χ1) is 14.6. The molecule has 0 bridgehead atoms. The van der Waals surface area contributed by atoms with E-state index in [2.05, 4.69) is 6.92 Å². The molecule has 0 aliphatic carbocycles. The SMILES string of the molecule is CC1CCN(C(=O)CN2C(=O)C(C)(C)c3cc(S(=O)(=O)N4CCOCC4)ccc32)CC1. The summed E-state index contributed by atoms with van der Waals surface area (Å²) in [6.45, 7) is 8.56. The van der Waals surface area contributed by atoms with Crippen LogP contribution in [0.15, 0.2) is 23.1 Å². The van der Waals surface area contributed by atoms with Crippen molar-refractivity contribution in [1.82, 2.24) is 9.21 Å². The molecule has 2 saturated heterocycles. The van der Waals surface area contributed by atoms with Crippen LogP contribution in [0.25, 0.3) is 0 Å². The van der Waals surface area contributed by atoms with E-state index in [1.807, 2.05) is 4.90 Å². The number of ether oxygens (including phenoxy) is 1. The molecule has 0 saturated carbocycles. The van der Waals surface area contributed by atoms with E-state index >= 15 is 0 Å². The monoisotopic (exact) mass is 449 g/mol. The molecular formula is C22H31N3O5S. The predicted molar refractivity (Wildman–Crippen MR) is 116 cm³/mol. The summed E-state index contributed by atoms with van der Waals surface area (Å²) in [5.74, 6) is 0.375. The third-order valence-electron chi connectivity index (χ3n) is 6.75. The van der Waals surface area contributed by atoms with Gasteiger partial charge in [0.2, 0.25) is 21.8 Å². The molecule has 2 amide bonds. The lowest BCUT2D eigenvalue weighted by molar-refractivity contribution is -0.133. The van der Waals surface area contributed by atoms with Crippen molar-refractivity contribution in [2.24, 2.45) is 5.92 Å². The zero-order valence-corrected chi connectivity index (χ0v) is 19.3. The van der Waals surface area contributed by atoms with Crippen LogP contribution in [-0.2, 0) is 29.8 Å². The summed E-state index contributed by atoms with van der Waals surface area (Å²) in [6, 6.07) is 4.81. The second-order valence-electron chi connectivity index (χ2n) is 9.28. The standard InChI is InChI=1S/C22H31N3O5S/c1-16-6-8-23(9-7-16)20(26)15-25-19-5-4-17(14-18(19)22(2,3)21(25)27)31(28,29)24-10-12-30-13-11-24/h4-5,14,16H,6-13,15H2,1-3H3. The highest BCUT2D eigenvalue weighted by Gasteiger charge is 2.45. The number of anilines is 1. The second-order valence-corrected chi connectivity index (χ2v) is 11.2. The van der Waals surface area contributed by atoms with Gasteiger partial charge >= 0.3 is 0 Å². The Balaban J connectivity index is 1.60. The summed E-state index contributed by atoms with van der Waals surface area (Å²) in [4.78, 5) is 29.6. The van der Waals surface area contributed by atoms with Crippen LogP contribution in [0.4, 0.5) is 5.69 Å². The molecular weight excluding hydrogens is 418 g/mol. The molecule has 0 atom stereocenters. The normalized spacial score (nSPS) is 22.6. The zero-order valence-electron chi connectivity index (χ0n) is 18.5. The van der Waals surface area contributed by atoms with Crippen LogP contribution in [-0.4, -0.2) is 75.4 Å². The van der Waals surface area contributed by atoms with Gasteiger partial charge in [-0.1, -0.05) is 6.92 Å². The first-order valence-corrected chi connectivity index (χ1v) is 12.4. The van der Waals surface area contributed by atoms with Crippen molar-refractivity contribution >= 4 is 27.5 Å². The number of nitrogens with zero attached hydrogens (tertiary/aromatic N) is 3. The first-order valence-electron chi connectivity index (χ1n) is 10.9. The number of piperidine rings is 1. The van der Waals surface area contributed by atoms with E-state index in [1.54, 1.807) is 32.0 Å². The van der Waals surface area contributed by atoms with E-state index in [0.29, 0.717) is 43.5 Å². The Kier molecular flexibility index (Phi) is 5.87. The molecule has 3 aliphatic rings. The van der Waals surface area contributed by atoms with Crippen LogP contribution in [0.5, 0.6) is 0 Å². The molecule has 0 unspecified atom stereocenters. The van der Waals surface area contributed by atoms with Crippen molar-refractivity contribution in [3.05, 3.63) is 23.8 Å². The summed E-state index contributed by atoms with van der Waals surface area (Å²) in [5, 5.41) is 0. The maximum absolute atomic E-state index is 13.2. The fourth-order valence-corrected chi connectivity index (χ4v) is 5.99. The predicted octanol–water partition coefficient (Wildman–Crippen LogP) is 1.59. The first kappa shape index (κ1) is 22.2. The smallest absolute Gasteiger partial charge is 0.243 e. The Labute approximate surface area is 184 Å². The fourth-order valence-electron chi connectivity index (χ4n) is 4.56. The van der Waals surface area contributed by atoms with E-state index < -0.39 is 15.4 Å². The van der Waals surface area contributed by atoms with Gasteiger partial charge in [0.05, 0.1) is 23.5 Å². The van der Waals surface area contributed by atoms with Gasteiger partial charge in [-0.05, 0) is 56.4 Å². The Bertz CT molecular complexity index is 977. The molecule has 4 rings (SSSR count). The number of hydrogen-bond donors (Lipinski definition) is 0. The maximum Gasteiger partial charge on any atom is 0.243 e. The lowest BCUT2D eigenvalue weighted by atomic mass is 9.86. The third kappa shape index (κ3) is 3.99. The molecule has 31 heavy (non-hydrogen) atoms. The number of hydrogen-bond acceptors (Lipinski definition) is 5. The van der Waals surface area contributed by atoms with Gasteiger partial charge in [-0.2, -0.15) is 4.31 Å². The van der Waals surface area contributed by atoms with Gasteiger partial charge in [-0.15, -0.1) is 0 Å². The maximum atomic E-state index is 13.2. The average Bonchev–Trinajstić information content (AvgIpc) is 2.95. The molecule has 3 aliphatic heterocycles. The van der Waals surface area contributed by atoms with Crippen molar-refractivity contribution in [3.8, 4) is 0 Å².